The Morgan fingerprint density at radius 3 is 2.33 bits per heavy atom. The minimum Gasteiger partial charge on any atom is -0.466 e. The van der Waals surface area contributed by atoms with Crippen molar-refractivity contribution in [2.75, 3.05) is 20.8 Å². The number of ether oxygens (including phenoxy) is 3. The lowest BCUT2D eigenvalue weighted by Crippen LogP contribution is -2.17. The third-order valence-corrected chi connectivity index (χ3v) is 2.27. The van der Waals surface area contributed by atoms with E-state index in [2.05, 4.69) is 6.92 Å². The summed E-state index contributed by atoms with van der Waals surface area (Å²) in [6.45, 7) is 4.07. The fourth-order valence-electron chi connectivity index (χ4n) is 1.38. The molecule has 0 aliphatic heterocycles. The summed E-state index contributed by atoms with van der Waals surface area (Å²) in [6, 6.07) is 0. The molecule has 15 heavy (non-hydrogen) atoms. The second kappa shape index (κ2) is 8.68. The first-order chi connectivity index (χ1) is 7.10. The van der Waals surface area contributed by atoms with Crippen molar-refractivity contribution in [2.24, 2.45) is 5.92 Å². The second-order valence-corrected chi connectivity index (χ2v) is 3.72. The van der Waals surface area contributed by atoms with E-state index >= 15 is 0 Å². The Kier molecular flexibility index (Phi) is 8.33. The maximum atomic E-state index is 10.5. The van der Waals surface area contributed by atoms with Crippen molar-refractivity contribution in [3.63, 3.8) is 0 Å². The third-order valence-electron chi connectivity index (χ3n) is 2.27. The molecule has 0 radical (unpaired) electrons. The predicted molar refractivity (Wildman–Crippen MR) is 57.5 cm³/mol. The van der Waals surface area contributed by atoms with Crippen molar-refractivity contribution in [2.45, 2.75) is 39.4 Å². The summed E-state index contributed by atoms with van der Waals surface area (Å²) in [7, 11) is 3.28. The van der Waals surface area contributed by atoms with Crippen molar-refractivity contribution < 1.29 is 19.0 Å². The van der Waals surface area contributed by atoms with E-state index in [1.165, 1.54) is 6.92 Å². The van der Waals surface area contributed by atoms with Crippen LogP contribution < -0.4 is 0 Å². The number of rotatable bonds is 8. The maximum absolute atomic E-state index is 10.5. The summed E-state index contributed by atoms with van der Waals surface area (Å²) >= 11 is 0. The Bertz CT molecular complexity index is 166. The van der Waals surface area contributed by atoms with Gasteiger partial charge in [0.2, 0.25) is 0 Å². The van der Waals surface area contributed by atoms with Gasteiger partial charge in [-0.15, -0.1) is 0 Å². The van der Waals surface area contributed by atoms with Gasteiger partial charge in [-0.25, -0.2) is 0 Å². The van der Waals surface area contributed by atoms with Crippen LogP contribution in [0.1, 0.15) is 33.1 Å². The van der Waals surface area contributed by atoms with Crippen LogP contribution in [-0.4, -0.2) is 33.1 Å². The van der Waals surface area contributed by atoms with E-state index in [9.17, 15) is 4.79 Å². The zero-order valence-corrected chi connectivity index (χ0v) is 10.1. The molecule has 0 N–H and O–H groups in total. The Morgan fingerprint density at radius 2 is 1.87 bits per heavy atom. The minimum absolute atomic E-state index is 0.131. The summed E-state index contributed by atoms with van der Waals surface area (Å²) in [4.78, 5) is 10.5. The predicted octanol–water partition coefficient (Wildman–Crippen LogP) is 1.97. The lowest BCUT2D eigenvalue weighted by atomic mass is 10.0. The van der Waals surface area contributed by atoms with E-state index in [4.69, 9.17) is 14.2 Å². The van der Waals surface area contributed by atoms with Gasteiger partial charge >= 0.3 is 5.97 Å². The van der Waals surface area contributed by atoms with Gasteiger partial charge in [-0.1, -0.05) is 6.92 Å². The molecule has 0 aliphatic rings. The monoisotopic (exact) mass is 218 g/mol. The molecule has 4 heteroatoms. The molecule has 0 rings (SSSR count). The van der Waals surface area contributed by atoms with E-state index in [-0.39, 0.29) is 12.3 Å². The van der Waals surface area contributed by atoms with Gasteiger partial charge in [0.15, 0.2) is 6.29 Å². The molecule has 0 aromatic carbocycles. The lowest BCUT2D eigenvalue weighted by molar-refractivity contribution is -0.141. The molecule has 0 fully saturated rings. The molecule has 0 saturated carbocycles. The highest BCUT2D eigenvalue weighted by molar-refractivity contribution is 5.65. The second-order valence-electron chi connectivity index (χ2n) is 3.72. The highest BCUT2D eigenvalue weighted by atomic mass is 16.7. The van der Waals surface area contributed by atoms with Crippen molar-refractivity contribution >= 4 is 5.97 Å². The van der Waals surface area contributed by atoms with E-state index in [0.29, 0.717) is 12.5 Å². The summed E-state index contributed by atoms with van der Waals surface area (Å²) in [6.07, 6.45) is 2.64. The van der Waals surface area contributed by atoms with Crippen molar-refractivity contribution in [1.82, 2.24) is 0 Å². The number of hydrogen-bond donors (Lipinski definition) is 0. The molecular formula is C11H22O4. The third kappa shape index (κ3) is 8.39. The Morgan fingerprint density at radius 1 is 1.27 bits per heavy atom. The van der Waals surface area contributed by atoms with Crippen LogP contribution in [0.25, 0.3) is 0 Å². The molecule has 90 valence electrons. The minimum atomic E-state index is -0.214. The van der Waals surface area contributed by atoms with Gasteiger partial charge in [0.05, 0.1) is 6.61 Å². The van der Waals surface area contributed by atoms with Gasteiger partial charge in [0, 0.05) is 27.6 Å². The topological polar surface area (TPSA) is 44.8 Å². The molecule has 0 aromatic heterocycles. The van der Waals surface area contributed by atoms with Crippen LogP contribution in [0.15, 0.2) is 0 Å². The highest BCUT2D eigenvalue weighted by Gasteiger charge is 2.11. The highest BCUT2D eigenvalue weighted by Crippen LogP contribution is 2.14. The first kappa shape index (κ1) is 14.4. The van der Waals surface area contributed by atoms with Crippen LogP contribution in [0, 0.1) is 5.92 Å². The molecule has 0 saturated heterocycles. The van der Waals surface area contributed by atoms with Crippen LogP contribution in [0.5, 0.6) is 0 Å². The number of esters is 1. The molecule has 4 nitrogen and oxygen atoms in total. The Labute approximate surface area is 91.9 Å². The van der Waals surface area contributed by atoms with E-state index in [0.717, 1.165) is 19.3 Å². The van der Waals surface area contributed by atoms with Crippen LogP contribution in [0.4, 0.5) is 0 Å². The van der Waals surface area contributed by atoms with E-state index in [1.54, 1.807) is 14.2 Å². The van der Waals surface area contributed by atoms with Crippen LogP contribution >= 0.6 is 0 Å². The maximum Gasteiger partial charge on any atom is 0.302 e. The zero-order valence-electron chi connectivity index (χ0n) is 10.1. The van der Waals surface area contributed by atoms with Crippen molar-refractivity contribution in [1.29, 1.82) is 0 Å². The quantitative estimate of drug-likeness (QED) is 0.355. The van der Waals surface area contributed by atoms with Crippen LogP contribution in [0.2, 0.25) is 0 Å². The molecule has 1 atom stereocenters. The number of hydrogen-bond acceptors (Lipinski definition) is 4. The normalized spacial score (nSPS) is 12.9. The smallest absolute Gasteiger partial charge is 0.302 e. The first-order valence-electron chi connectivity index (χ1n) is 5.29. The van der Waals surface area contributed by atoms with Gasteiger partial charge in [-0.2, -0.15) is 0 Å². The molecule has 0 aliphatic carbocycles. The fourth-order valence-corrected chi connectivity index (χ4v) is 1.38. The van der Waals surface area contributed by atoms with Gasteiger partial charge in [-0.3, -0.25) is 4.79 Å². The Balaban J connectivity index is 3.47. The van der Waals surface area contributed by atoms with Gasteiger partial charge in [0.1, 0.15) is 0 Å². The number of methoxy groups -OCH3 is 2. The van der Waals surface area contributed by atoms with Gasteiger partial charge in [-0.05, 0) is 18.8 Å². The molecular weight excluding hydrogens is 196 g/mol. The average Bonchev–Trinajstić information content (AvgIpc) is 2.20. The molecule has 0 spiro atoms. The van der Waals surface area contributed by atoms with Gasteiger partial charge < -0.3 is 14.2 Å². The largest absolute Gasteiger partial charge is 0.466 e. The fraction of sp³-hybridized carbons (Fsp3) is 0.909. The average molecular weight is 218 g/mol. The molecule has 0 amide bonds. The molecule has 0 bridgehead atoms. The molecule has 0 aromatic rings. The standard InChI is InChI=1S/C11H22O4/c1-9(8-11(13-3)14-4)6-5-7-15-10(2)12/h9,11H,5-8H2,1-4H3. The van der Waals surface area contributed by atoms with Gasteiger partial charge in [0.25, 0.3) is 0 Å². The zero-order chi connectivity index (χ0) is 11.7. The molecule has 1 unspecified atom stereocenters. The lowest BCUT2D eigenvalue weighted by Gasteiger charge is -2.18. The van der Waals surface area contributed by atoms with Crippen molar-refractivity contribution in [3.05, 3.63) is 0 Å². The summed E-state index contributed by atoms with van der Waals surface area (Å²) < 4.78 is 15.1. The van der Waals surface area contributed by atoms with Crippen LogP contribution in [0.3, 0.4) is 0 Å². The van der Waals surface area contributed by atoms with E-state index in [1.807, 2.05) is 0 Å². The number of carbonyl (C=O) groups excluding carboxylic acids is 1. The number of carbonyl (C=O) groups is 1. The first-order valence-corrected chi connectivity index (χ1v) is 5.29. The van der Waals surface area contributed by atoms with Crippen LogP contribution in [-0.2, 0) is 19.0 Å². The van der Waals surface area contributed by atoms with E-state index < -0.39 is 0 Å². The Hall–Kier alpha value is -0.610. The molecule has 0 heterocycles. The van der Waals surface area contributed by atoms with Crippen molar-refractivity contribution in [3.8, 4) is 0 Å². The summed E-state index contributed by atoms with van der Waals surface area (Å²) in [5.41, 5.74) is 0. The SMILES string of the molecule is COC(CC(C)CCCOC(C)=O)OC. The summed E-state index contributed by atoms with van der Waals surface area (Å²) in [5, 5.41) is 0. The summed E-state index contributed by atoms with van der Waals surface area (Å²) in [5.74, 6) is 0.291.